The highest BCUT2D eigenvalue weighted by atomic mass is 35.5. The summed E-state index contributed by atoms with van der Waals surface area (Å²) in [4.78, 5) is 26.1. The van der Waals surface area contributed by atoms with E-state index in [-0.39, 0.29) is 17.1 Å². The maximum atomic E-state index is 13.1. The number of hydrogen-bond acceptors (Lipinski definition) is 4. The number of carbonyl (C=O) groups is 2. The number of Topliss-reactive ketones (excluding diaryl/α,β-unsaturated/α-hetero) is 1. The van der Waals surface area contributed by atoms with Crippen molar-refractivity contribution in [1.82, 2.24) is 0 Å². The van der Waals surface area contributed by atoms with Crippen LogP contribution >= 0.6 is 11.6 Å². The fourth-order valence-corrected chi connectivity index (χ4v) is 3.35. The van der Waals surface area contributed by atoms with E-state index in [0.717, 1.165) is 10.8 Å². The minimum Gasteiger partial charge on any atom is -0.507 e. The minimum absolute atomic E-state index is 0.00600. The van der Waals surface area contributed by atoms with E-state index in [9.17, 15) is 14.7 Å². The zero-order chi connectivity index (χ0) is 21.1. The Morgan fingerprint density at radius 2 is 1.40 bits per heavy atom. The zero-order valence-corrected chi connectivity index (χ0v) is 16.5. The molecule has 0 spiro atoms. The molecule has 0 fully saturated rings. The molecule has 0 saturated heterocycles. The number of ether oxygens (including phenoxy) is 1. The molecule has 1 N–H and O–H groups in total. The molecule has 0 radical (unpaired) electrons. The molecular formula is C25H17ClO4. The lowest BCUT2D eigenvalue weighted by molar-refractivity contribution is 0.0277. The smallest absolute Gasteiger partial charge is 0.343 e. The Morgan fingerprint density at radius 1 is 0.800 bits per heavy atom. The molecule has 4 aromatic carbocycles. The van der Waals surface area contributed by atoms with Crippen LogP contribution in [0.4, 0.5) is 0 Å². The average Bonchev–Trinajstić information content (AvgIpc) is 2.77. The normalized spacial score (nSPS) is 11.8. The predicted octanol–water partition coefficient (Wildman–Crippen LogP) is 5.98. The summed E-state index contributed by atoms with van der Waals surface area (Å²) in [6.45, 7) is 0. The molecule has 4 aromatic rings. The van der Waals surface area contributed by atoms with Crippen molar-refractivity contribution in [3.8, 4) is 5.75 Å². The van der Waals surface area contributed by atoms with E-state index >= 15 is 0 Å². The standard InChI is InChI=1S/C25H17ClO4/c26-20-12-10-17(11-13-20)24(23(28)16-6-2-1-3-7-16)30-25(29)21-14-18-8-4-5-9-19(18)15-22(21)27/h1-15,24,27H/t24-/m1/s1. The first-order valence-corrected chi connectivity index (χ1v) is 9.68. The molecule has 0 aromatic heterocycles. The number of phenols is 1. The molecule has 0 bridgehead atoms. The van der Waals surface area contributed by atoms with Crippen LogP contribution in [0, 0.1) is 0 Å². The van der Waals surface area contributed by atoms with Crippen molar-refractivity contribution in [1.29, 1.82) is 0 Å². The van der Waals surface area contributed by atoms with Gasteiger partial charge >= 0.3 is 5.97 Å². The molecular weight excluding hydrogens is 400 g/mol. The van der Waals surface area contributed by atoms with Crippen molar-refractivity contribution in [2.75, 3.05) is 0 Å². The van der Waals surface area contributed by atoms with Gasteiger partial charge in [-0.25, -0.2) is 4.79 Å². The first-order chi connectivity index (χ1) is 14.5. The van der Waals surface area contributed by atoms with Crippen LogP contribution in [-0.4, -0.2) is 16.9 Å². The highest BCUT2D eigenvalue weighted by Crippen LogP contribution is 2.29. The molecule has 0 aliphatic carbocycles. The maximum absolute atomic E-state index is 13.1. The van der Waals surface area contributed by atoms with Crippen LogP contribution in [0.25, 0.3) is 10.8 Å². The first kappa shape index (κ1) is 19.7. The SMILES string of the molecule is O=C(O[C@@H](C(=O)c1ccccc1)c1ccc(Cl)cc1)c1cc2ccccc2cc1O. The number of ketones is 1. The molecule has 0 aliphatic rings. The van der Waals surface area contributed by atoms with Crippen LogP contribution in [0.1, 0.15) is 32.4 Å². The van der Waals surface area contributed by atoms with Crippen molar-refractivity contribution in [2.45, 2.75) is 6.10 Å². The van der Waals surface area contributed by atoms with Gasteiger partial charge in [-0.05, 0) is 35.0 Å². The number of aromatic hydroxyl groups is 1. The summed E-state index contributed by atoms with van der Waals surface area (Å²) in [6.07, 6.45) is -1.18. The number of fused-ring (bicyclic) bond motifs is 1. The van der Waals surface area contributed by atoms with Gasteiger partial charge < -0.3 is 9.84 Å². The third kappa shape index (κ3) is 4.04. The molecule has 5 heteroatoms. The second-order valence-corrected chi connectivity index (χ2v) is 7.22. The second-order valence-electron chi connectivity index (χ2n) is 6.78. The molecule has 0 unspecified atom stereocenters. The summed E-state index contributed by atoms with van der Waals surface area (Å²) >= 11 is 5.97. The van der Waals surface area contributed by atoms with Gasteiger partial charge in [0.1, 0.15) is 11.3 Å². The maximum Gasteiger partial charge on any atom is 0.343 e. The number of carbonyl (C=O) groups excluding carboxylic acids is 2. The molecule has 30 heavy (non-hydrogen) atoms. The summed E-state index contributed by atoms with van der Waals surface area (Å²) in [6, 6.07) is 25.5. The van der Waals surface area contributed by atoms with E-state index in [2.05, 4.69) is 0 Å². The van der Waals surface area contributed by atoms with Crippen molar-refractivity contribution in [3.63, 3.8) is 0 Å². The molecule has 4 nitrogen and oxygen atoms in total. The zero-order valence-electron chi connectivity index (χ0n) is 15.8. The fraction of sp³-hybridized carbons (Fsp3) is 0.0400. The van der Waals surface area contributed by atoms with Gasteiger partial charge in [-0.1, -0.05) is 78.3 Å². The van der Waals surface area contributed by atoms with E-state index in [4.69, 9.17) is 16.3 Å². The van der Waals surface area contributed by atoms with Crippen LogP contribution in [0.3, 0.4) is 0 Å². The summed E-state index contributed by atoms with van der Waals surface area (Å²) in [5.74, 6) is -1.37. The molecule has 4 rings (SSSR count). The monoisotopic (exact) mass is 416 g/mol. The topological polar surface area (TPSA) is 63.6 Å². The quantitative estimate of drug-likeness (QED) is 0.321. The van der Waals surface area contributed by atoms with Gasteiger partial charge in [0.25, 0.3) is 0 Å². The van der Waals surface area contributed by atoms with Gasteiger partial charge in [0.15, 0.2) is 6.10 Å². The number of rotatable bonds is 5. The lowest BCUT2D eigenvalue weighted by atomic mass is 9.99. The van der Waals surface area contributed by atoms with Gasteiger partial charge in [-0.3, -0.25) is 4.79 Å². The van der Waals surface area contributed by atoms with Crippen LogP contribution in [-0.2, 0) is 4.74 Å². The Labute approximate surface area is 178 Å². The average molecular weight is 417 g/mol. The molecule has 148 valence electrons. The third-order valence-electron chi connectivity index (χ3n) is 4.78. The lowest BCUT2D eigenvalue weighted by Gasteiger charge is -2.18. The number of esters is 1. The number of hydrogen-bond donors (Lipinski definition) is 1. The molecule has 1 atom stereocenters. The third-order valence-corrected chi connectivity index (χ3v) is 5.03. The van der Waals surface area contributed by atoms with Crippen molar-refractivity contribution < 1.29 is 19.4 Å². The highest BCUT2D eigenvalue weighted by Gasteiger charge is 2.28. The van der Waals surface area contributed by atoms with Gasteiger partial charge in [0.05, 0.1) is 0 Å². The van der Waals surface area contributed by atoms with Gasteiger partial charge in [-0.15, -0.1) is 0 Å². The second kappa shape index (κ2) is 8.39. The molecule has 0 amide bonds. The predicted molar refractivity (Wildman–Crippen MR) is 116 cm³/mol. The highest BCUT2D eigenvalue weighted by molar-refractivity contribution is 6.30. The van der Waals surface area contributed by atoms with E-state index in [1.165, 1.54) is 6.07 Å². The fourth-order valence-electron chi connectivity index (χ4n) is 3.23. The summed E-state index contributed by atoms with van der Waals surface area (Å²) < 4.78 is 5.62. The van der Waals surface area contributed by atoms with Crippen LogP contribution in [0.5, 0.6) is 5.75 Å². The van der Waals surface area contributed by atoms with E-state index < -0.39 is 12.1 Å². The van der Waals surface area contributed by atoms with Gasteiger partial charge in [0, 0.05) is 16.1 Å². The van der Waals surface area contributed by atoms with Crippen molar-refractivity contribution in [3.05, 3.63) is 113 Å². The van der Waals surface area contributed by atoms with Crippen LogP contribution in [0.15, 0.2) is 91.0 Å². The van der Waals surface area contributed by atoms with Crippen molar-refractivity contribution in [2.24, 2.45) is 0 Å². The van der Waals surface area contributed by atoms with Crippen LogP contribution in [0.2, 0.25) is 5.02 Å². The summed E-state index contributed by atoms with van der Waals surface area (Å²) in [7, 11) is 0. The van der Waals surface area contributed by atoms with E-state index in [1.807, 2.05) is 24.3 Å². The van der Waals surface area contributed by atoms with Crippen molar-refractivity contribution >= 4 is 34.1 Å². The molecule has 0 heterocycles. The van der Waals surface area contributed by atoms with Gasteiger partial charge in [-0.2, -0.15) is 0 Å². The Kier molecular flexibility index (Phi) is 5.50. The molecule has 0 aliphatic heterocycles. The molecule has 0 saturated carbocycles. The lowest BCUT2D eigenvalue weighted by Crippen LogP contribution is -2.20. The van der Waals surface area contributed by atoms with E-state index in [1.54, 1.807) is 60.7 Å². The van der Waals surface area contributed by atoms with Crippen LogP contribution < -0.4 is 0 Å². The summed E-state index contributed by atoms with van der Waals surface area (Å²) in [5.41, 5.74) is 0.892. The number of phenolic OH excluding ortho intramolecular Hbond substituents is 1. The number of halogens is 1. The Bertz CT molecular complexity index is 1220. The van der Waals surface area contributed by atoms with Gasteiger partial charge in [0.2, 0.25) is 5.78 Å². The first-order valence-electron chi connectivity index (χ1n) is 9.30. The Balaban J connectivity index is 1.71. The summed E-state index contributed by atoms with van der Waals surface area (Å²) in [5, 5.41) is 12.4. The largest absolute Gasteiger partial charge is 0.507 e. The van der Waals surface area contributed by atoms with E-state index in [0.29, 0.717) is 16.1 Å². The Morgan fingerprint density at radius 3 is 2.07 bits per heavy atom. The minimum atomic E-state index is -1.18. The Hall–Kier alpha value is -3.63. The number of benzene rings is 4.